The van der Waals surface area contributed by atoms with Crippen molar-refractivity contribution in [3.8, 4) is 21.1 Å². The molecule has 0 aliphatic rings. The quantitative estimate of drug-likeness (QED) is 0.147. The number of hydrogen-bond donors (Lipinski definition) is 0. The van der Waals surface area contributed by atoms with Gasteiger partial charge in [-0.15, -0.1) is 10.2 Å². The molecule has 0 aliphatic carbocycles. The van der Waals surface area contributed by atoms with Gasteiger partial charge in [0.15, 0.2) is 46.5 Å². The van der Waals surface area contributed by atoms with E-state index >= 15 is 0 Å². The third-order valence-electron chi connectivity index (χ3n) is 7.82. The van der Waals surface area contributed by atoms with Gasteiger partial charge in [0.1, 0.15) is 10.0 Å². The number of benzene rings is 6. The predicted octanol–water partition coefficient (Wildman–Crippen LogP) is 11.9. The van der Waals surface area contributed by atoms with Crippen LogP contribution in [0.2, 0.25) is 0 Å². The van der Waals surface area contributed by atoms with Crippen LogP contribution in [0.15, 0.2) is 121 Å². The van der Waals surface area contributed by atoms with Gasteiger partial charge in [0, 0.05) is 69.5 Å². The predicted molar refractivity (Wildman–Crippen MR) is 180 cm³/mol. The van der Waals surface area contributed by atoms with Gasteiger partial charge < -0.3 is 9.80 Å². The maximum atomic E-state index is 14.2. The lowest BCUT2D eigenvalue weighted by atomic mass is 10.1. The second-order valence-corrected chi connectivity index (χ2v) is 12.0. The number of rotatable bonds is 8. The third-order valence-corrected chi connectivity index (χ3v) is 8.84. The minimum absolute atomic E-state index is 0.169. The van der Waals surface area contributed by atoms with Crippen molar-refractivity contribution < 1.29 is 35.1 Å². The summed E-state index contributed by atoms with van der Waals surface area (Å²) in [4.78, 5) is 2.87. The Morgan fingerprint density at radius 3 is 0.824 bits per heavy atom. The first-order valence-electron chi connectivity index (χ1n) is 15.0. The van der Waals surface area contributed by atoms with Gasteiger partial charge in [-0.05, 0) is 97.1 Å². The minimum atomic E-state index is -1.12. The Morgan fingerprint density at radius 1 is 0.314 bits per heavy atom. The average Bonchev–Trinajstić information content (AvgIpc) is 3.62. The lowest BCUT2D eigenvalue weighted by Gasteiger charge is -2.25. The SMILES string of the molecule is Fc1ccc(N(c2ccc(-c3nnc(-c4ccc(N(c5ccc(F)c(F)c5)c5ccc(F)c(F)c5)cc4)s3)cc2)c2ccc(F)c(F)c2)cc1F. The van der Waals surface area contributed by atoms with Crippen LogP contribution in [-0.4, -0.2) is 10.2 Å². The summed E-state index contributed by atoms with van der Waals surface area (Å²) in [6.45, 7) is 0. The molecule has 7 aromatic rings. The summed E-state index contributed by atoms with van der Waals surface area (Å²) in [5.41, 5.74) is 2.84. The normalized spacial score (nSPS) is 11.1. The number of halogens is 8. The van der Waals surface area contributed by atoms with Crippen LogP contribution in [0, 0.1) is 46.5 Å². The zero-order valence-electron chi connectivity index (χ0n) is 25.8. The second-order valence-electron chi connectivity index (χ2n) is 11.1. The molecule has 0 aliphatic heterocycles. The van der Waals surface area contributed by atoms with Crippen molar-refractivity contribution in [1.29, 1.82) is 0 Å². The molecule has 0 unspecified atom stereocenters. The molecule has 51 heavy (non-hydrogen) atoms. The van der Waals surface area contributed by atoms with Crippen LogP contribution in [0.25, 0.3) is 21.1 Å². The molecule has 1 heterocycles. The fourth-order valence-corrected chi connectivity index (χ4v) is 6.21. The van der Waals surface area contributed by atoms with Gasteiger partial charge in [-0.2, -0.15) is 0 Å². The summed E-state index contributed by atoms with van der Waals surface area (Å²) < 4.78 is 112. The van der Waals surface area contributed by atoms with E-state index < -0.39 is 46.5 Å². The van der Waals surface area contributed by atoms with E-state index in [1.165, 1.54) is 45.4 Å². The molecular weight excluding hydrogens is 696 g/mol. The van der Waals surface area contributed by atoms with Crippen LogP contribution < -0.4 is 9.80 Å². The van der Waals surface area contributed by atoms with Crippen LogP contribution >= 0.6 is 11.3 Å². The first-order valence-corrected chi connectivity index (χ1v) is 15.8. The molecule has 7 rings (SSSR count). The fourth-order valence-electron chi connectivity index (χ4n) is 5.35. The highest BCUT2D eigenvalue weighted by Crippen LogP contribution is 2.40. The maximum absolute atomic E-state index is 14.2. The summed E-state index contributed by atoms with van der Waals surface area (Å²) in [7, 11) is 0. The molecule has 13 heteroatoms. The third kappa shape index (κ3) is 6.75. The zero-order chi connectivity index (χ0) is 35.8. The highest BCUT2D eigenvalue weighted by Gasteiger charge is 2.19. The highest BCUT2D eigenvalue weighted by molar-refractivity contribution is 7.17. The Labute approximate surface area is 289 Å². The minimum Gasteiger partial charge on any atom is -0.310 e. The molecule has 0 N–H and O–H groups in total. The Hall–Kier alpha value is -6.08. The van der Waals surface area contributed by atoms with Crippen molar-refractivity contribution in [3.63, 3.8) is 0 Å². The van der Waals surface area contributed by atoms with Crippen LogP contribution in [0.4, 0.5) is 69.2 Å². The summed E-state index contributed by atoms with van der Waals surface area (Å²) in [5, 5.41) is 9.64. The zero-order valence-corrected chi connectivity index (χ0v) is 26.6. The van der Waals surface area contributed by atoms with E-state index in [1.54, 1.807) is 48.5 Å². The molecule has 0 radical (unpaired) electrons. The molecule has 0 saturated heterocycles. The van der Waals surface area contributed by atoms with Crippen molar-refractivity contribution in [1.82, 2.24) is 10.2 Å². The molecule has 0 fully saturated rings. The summed E-state index contributed by atoms with van der Waals surface area (Å²) >= 11 is 1.25. The lowest BCUT2D eigenvalue weighted by molar-refractivity contribution is 0.508. The summed E-state index contributed by atoms with van der Waals surface area (Å²) in [6.07, 6.45) is 0. The van der Waals surface area contributed by atoms with Crippen molar-refractivity contribution >= 4 is 45.5 Å². The van der Waals surface area contributed by atoms with E-state index in [4.69, 9.17) is 0 Å². The van der Waals surface area contributed by atoms with E-state index in [0.717, 1.165) is 48.5 Å². The largest absolute Gasteiger partial charge is 0.310 e. The van der Waals surface area contributed by atoms with Crippen molar-refractivity contribution in [2.75, 3.05) is 9.80 Å². The van der Waals surface area contributed by atoms with E-state index in [-0.39, 0.29) is 22.7 Å². The van der Waals surface area contributed by atoms with Crippen molar-refractivity contribution in [2.24, 2.45) is 0 Å². The number of hydrogen-bond acceptors (Lipinski definition) is 5. The standard InChI is InChI=1S/C38H20F8N4S/c39-29-13-9-25(17-33(29)43)49(26-10-14-30(40)34(44)18-26)23-5-1-21(2-6-23)37-47-48-38(51-37)22-3-7-24(8-4-22)50(27-11-15-31(41)35(45)19-27)28-12-16-32(42)36(46)20-28/h1-20H. The Morgan fingerprint density at radius 2 is 0.569 bits per heavy atom. The smallest absolute Gasteiger partial charge is 0.160 e. The number of nitrogens with zero attached hydrogens (tertiary/aromatic N) is 4. The molecule has 0 spiro atoms. The van der Waals surface area contributed by atoms with Crippen molar-refractivity contribution in [3.05, 3.63) is 168 Å². The second kappa shape index (κ2) is 13.7. The summed E-state index contributed by atoms with van der Waals surface area (Å²) in [6, 6.07) is 26.2. The van der Waals surface area contributed by atoms with Gasteiger partial charge in [0.05, 0.1) is 0 Å². The lowest BCUT2D eigenvalue weighted by Crippen LogP contribution is -2.11. The molecule has 254 valence electrons. The van der Waals surface area contributed by atoms with E-state index in [0.29, 0.717) is 32.5 Å². The molecule has 0 amide bonds. The molecule has 0 saturated carbocycles. The molecule has 6 aromatic carbocycles. The van der Waals surface area contributed by atoms with Crippen LogP contribution in [-0.2, 0) is 0 Å². The average molecular weight is 717 g/mol. The van der Waals surface area contributed by atoms with E-state index in [9.17, 15) is 35.1 Å². The van der Waals surface area contributed by atoms with Gasteiger partial charge in [-0.25, -0.2) is 35.1 Å². The van der Waals surface area contributed by atoms with Gasteiger partial charge in [-0.1, -0.05) is 11.3 Å². The van der Waals surface area contributed by atoms with Crippen LogP contribution in [0.5, 0.6) is 0 Å². The van der Waals surface area contributed by atoms with Crippen LogP contribution in [0.1, 0.15) is 0 Å². The van der Waals surface area contributed by atoms with Gasteiger partial charge in [0.25, 0.3) is 0 Å². The molecule has 0 bridgehead atoms. The van der Waals surface area contributed by atoms with Crippen LogP contribution in [0.3, 0.4) is 0 Å². The Bertz CT molecular complexity index is 2110. The van der Waals surface area contributed by atoms with Gasteiger partial charge in [0.2, 0.25) is 0 Å². The Kier molecular flexibility index (Phi) is 8.96. The Balaban J connectivity index is 1.17. The van der Waals surface area contributed by atoms with Gasteiger partial charge >= 0.3 is 0 Å². The van der Waals surface area contributed by atoms with E-state index in [1.807, 2.05) is 0 Å². The molecule has 4 nitrogen and oxygen atoms in total. The molecule has 1 aromatic heterocycles. The maximum Gasteiger partial charge on any atom is 0.160 e. The first-order chi connectivity index (χ1) is 24.5. The highest BCUT2D eigenvalue weighted by atomic mass is 32.1. The van der Waals surface area contributed by atoms with Gasteiger partial charge in [-0.3, -0.25) is 0 Å². The topological polar surface area (TPSA) is 32.3 Å². The number of anilines is 6. The molecular formula is C38H20F8N4S. The molecule has 0 atom stereocenters. The van der Waals surface area contributed by atoms with Crippen molar-refractivity contribution in [2.45, 2.75) is 0 Å². The fraction of sp³-hybridized carbons (Fsp3) is 0. The monoisotopic (exact) mass is 716 g/mol. The number of aromatic nitrogens is 2. The first kappa shape index (κ1) is 33.4. The van der Waals surface area contributed by atoms with E-state index in [2.05, 4.69) is 10.2 Å². The summed E-state index contributed by atoms with van der Waals surface area (Å²) in [5.74, 6) is -8.73.